The molecule has 2 aliphatic rings. The quantitative estimate of drug-likeness (QED) is 0.428. The van der Waals surface area contributed by atoms with Gasteiger partial charge < -0.3 is 19.5 Å². The van der Waals surface area contributed by atoms with Gasteiger partial charge in [0.2, 0.25) is 0 Å². The van der Waals surface area contributed by atoms with Crippen molar-refractivity contribution in [3.63, 3.8) is 0 Å². The smallest absolute Gasteiger partial charge is 0.337 e. The average Bonchev–Trinajstić information content (AvgIpc) is 3.30. The lowest BCUT2D eigenvalue weighted by Gasteiger charge is -2.30. The number of aliphatic carboxylic acids is 1. The molecule has 1 atom stereocenters. The molecule has 0 fully saturated rings. The lowest BCUT2D eigenvalue weighted by molar-refractivity contribution is -0.160. The number of amides is 1. The van der Waals surface area contributed by atoms with E-state index in [-0.39, 0.29) is 5.91 Å². The van der Waals surface area contributed by atoms with E-state index in [0.29, 0.717) is 30.7 Å². The minimum atomic E-state index is -1.16. The molecule has 2 aliphatic heterocycles. The molecule has 1 aromatic heterocycles. The number of pyridine rings is 1. The first-order valence-corrected chi connectivity index (χ1v) is 13.5. The van der Waals surface area contributed by atoms with Gasteiger partial charge in [-0.1, -0.05) is 6.07 Å². The zero-order valence-corrected chi connectivity index (χ0v) is 23.6. The van der Waals surface area contributed by atoms with E-state index in [4.69, 9.17) is 9.47 Å². The highest BCUT2D eigenvalue weighted by atomic mass is 16.5. The highest BCUT2D eigenvalue weighted by Gasteiger charge is 2.37. The summed E-state index contributed by atoms with van der Waals surface area (Å²) in [6, 6.07) is 9.60. The van der Waals surface area contributed by atoms with Gasteiger partial charge in [-0.25, -0.2) is 4.79 Å². The third kappa shape index (κ3) is 5.03. The molecule has 204 valence electrons. The second-order valence-electron chi connectivity index (χ2n) is 11.5. The SMILES string of the molecule is Cc1ccc(C(=O)N2CCc3c2cc(C)c(C(OC(C)(C)C)C(=O)O)c3-c2ccc3c(c2C)CCCO3)cn1. The van der Waals surface area contributed by atoms with Crippen molar-refractivity contribution in [3.8, 4) is 16.9 Å². The van der Waals surface area contributed by atoms with Gasteiger partial charge in [0.25, 0.3) is 5.91 Å². The second-order valence-corrected chi connectivity index (χ2v) is 11.5. The summed E-state index contributed by atoms with van der Waals surface area (Å²) in [5, 5.41) is 10.4. The van der Waals surface area contributed by atoms with Crippen LogP contribution in [-0.4, -0.2) is 40.7 Å². The summed E-state index contributed by atoms with van der Waals surface area (Å²) in [5.74, 6) is -0.266. The van der Waals surface area contributed by atoms with Crippen LogP contribution in [0.1, 0.15) is 77.2 Å². The maximum absolute atomic E-state index is 13.6. The molecule has 3 aromatic rings. The van der Waals surface area contributed by atoms with Crippen molar-refractivity contribution in [2.24, 2.45) is 0 Å². The van der Waals surface area contributed by atoms with Crippen LogP contribution in [0.15, 0.2) is 36.5 Å². The Balaban J connectivity index is 1.74. The van der Waals surface area contributed by atoms with E-state index in [2.05, 4.69) is 11.9 Å². The first kappa shape index (κ1) is 26.9. The summed E-state index contributed by atoms with van der Waals surface area (Å²) in [6.07, 6.45) is 2.90. The van der Waals surface area contributed by atoms with E-state index >= 15 is 0 Å². The fourth-order valence-electron chi connectivity index (χ4n) is 5.77. The van der Waals surface area contributed by atoms with E-state index in [9.17, 15) is 14.7 Å². The van der Waals surface area contributed by atoms with Crippen molar-refractivity contribution in [1.82, 2.24) is 4.98 Å². The number of nitrogens with zero attached hydrogens (tertiary/aromatic N) is 2. The van der Waals surface area contributed by atoms with Crippen LogP contribution in [0.3, 0.4) is 0 Å². The Bertz CT molecular complexity index is 1450. The van der Waals surface area contributed by atoms with Gasteiger partial charge in [0.05, 0.1) is 17.8 Å². The topological polar surface area (TPSA) is 89.0 Å². The molecule has 1 unspecified atom stereocenters. The van der Waals surface area contributed by atoms with Crippen LogP contribution in [0.5, 0.6) is 5.75 Å². The molecule has 39 heavy (non-hydrogen) atoms. The summed E-state index contributed by atoms with van der Waals surface area (Å²) in [4.78, 5) is 32.4. The Labute approximate surface area is 229 Å². The molecular weight excluding hydrogens is 492 g/mol. The third-order valence-electron chi connectivity index (χ3n) is 7.55. The first-order valence-electron chi connectivity index (χ1n) is 13.5. The molecule has 0 saturated carbocycles. The Morgan fingerprint density at radius 2 is 1.85 bits per heavy atom. The number of anilines is 1. The fourth-order valence-corrected chi connectivity index (χ4v) is 5.77. The number of carbonyl (C=O) groups excluding carboxylic acids is 1. The highest BCUT2D eigenvalue weighted by Crippen LogP contribution is 2.47. The second kappa shape index (κ2) is 10.1. The lowest BCUT2D eigenvalue weighted by Crippen LogP contribution is -2.30. The Kier molecular flexibility index (Phi) is 6.97. The van der Waals surface area contributed by atoms with Crippen LogP contribution < -0.4 is 9.64 Å². The molecule has 2 aromatic carbocycles. The standard InChI is InChI=1S/C32H36N2O5/c1-18-16-25-24(13-14-34(25)30(35)21-10-9-19(2)33-17-21)28(27(18)29(31(36)37)39-32(4,5)6)23-11-12-26-22(20(23)3)8-7-15-38-26/h9-12,16-17,29H,7-8,13-15H2,1-6H3,(H,36,37). The predicted molar refractivity (Wildman–Crippen MR) is 151 cm³/mol. The molecule has 0 aliphatic carbocycles. The van der Waals surface area contributed by atoms with Crippen molar-refractivity contribution >= 4 is 17.6 Å². The van der Waals surface area contributed by atoms with E-state index in [1.807, 2.05) is 58.9 Å². The molecule has 1 N–H and O–H groups in total. The first-order chi connectivity index (χ1) is 18.5. The summed E-state index contributed by atoms with van der Waals surface area (Å²) in [6.45, 7) is 12.7. The van der Waals surface area contributed by atoms with E-state index in [1.165, 1.54) is 0 Å². The number of rotatable bonds is 5. The minimum absolute atomic E-state index is 0.115. The maximum Gasteiger partial charge on any atom is 0.337 e. The van der Waals surface area contributed by atoms with Crippen molar-refractivity contribution in [3.05, 3.63) is 75.6 Å². The molecule has 0 bridgehead atoms. The maximum atomic E-state index is 13.6. The van der Waals surface area contributed by atoms with Gasteiger partial charge in [-0.3, -0.25) is 9.78 Å². The van der Waals surface area contributed by atoms with E-state index < -0.39 is 17.7 Å². The van der Waals surface area contributed by atoms with Crippen molar-refractivity contribution in [2.75, 3.05) is 18.1 Å². The van der Waals surface area contributed by atoms with E-state index in [1.54, 1.807) is 17.2 Å². The molecule has 3 heterocycles. The predicted octanol–water partition coefficient (Wildman–Crippen LogP) is 6.14. The minimum Gasteiger partial charge on any atom is -0.493 e. The summed E-state index contributed by atoms with van der Waals surface area (Å²) >= 11 is 0. The monoisotopic (exact) mass is 528 g/mol. The number of carboxylic acid groups (broad SMARTS) is 1. The normalized spacial score (nSPS) is 15.4. The molecule has 0 saturated heterocycles. The van der Waals surface area contributed by atoms with Crippen molar-refractivity contribution in [2.45, 2.75) is 72.5 Å². The van der Waals surface area contributed by atoms with Crippen LogP contribution in [-0.2, 0) is 22.4 Å². The van der Waals surface area contributed by atoms with Gasteiger partial charge in [-0.15, -0.1) is 0 Å². The van der Waals surface area contributed by atoms with Gasteiger partial charge >= 0.3 is 5.97 Å². The van der Waals surface area contributed by atoms with Gasteiger partial charge in [-0.05, 0) is 118 Å². The average molecular weight is 529 g/mol. The zero-order chi connectivity index (χ0) is 28.1. The molecule has 7 heteroatoms. The number of hydrogen-bond donors (Lipinski definition) is 1. The molecular formula is C32H36N2O5. The Morgan fingerprint density at radius 1 is 1.08 bits per heavy atom. The molecule has 7 nitrogen and oxygen atoms in total. The van der Waals surface area contributed by atoms with Gasteiger partial charge in [0.1, 0.15) is 5.75 Å². The molecule has 1 amide bonds. The van der Waals surface area contributed by atoms with Crippen molar-refractivity contribution in [1.29, 1.82) is 0 Å². The largest absolute Gasteiger partial charge is 0.493 e. The number of carboxylic acids is 1. The number of fused-ring (bicyclic) bond motifs is 2. The Hall–Kier alpha value is -3.71. The fraction of sp³-hybridized carbons (Fsp3) is 0.406. The van der Waals surface area contributed by atoms with Crippen LogP contribution in [0, 0.1) is 20.8 Å². The van der Waals surface area contributed by atoms with Gasteiger partial charge in [0, 0.05) is 29.7 Å². The van der Waals surface area contributed by atoms with Crippen molar-refractivity contribution < 1.29 is 24.2 Å². The molecule has 0 spiro atoms. The summed E-state index contributed by atoms with van der Waals surface area (Å²) in [7, 11) is 0. The number of benzene rings is 2. The van der Waals surface area contributed by atoms with Crippen LogP contribution in [0.4, 0.5) is 5.69 Å². The zero-order valence-electron chi connectivity index (χ0n) is 23.6. The van der Waals surface area contributed by atoms with Gasteiger partial charge in [0.15, 0.2) is 6.10 Å². The Morgan fingerprint density at radius 3 is 2.51 bits per heavy atom. The number of carbonyl (C=O) groups is 2. The van der Waals surface area contributed by atoms with Gasteiger partial charge in [-0.2, -0.15) is 0 Å². The third-order valence-corrected chi connectivity index (χ3v) is 7.55. The number of aryl methyl sites for hydroxylation is 2. The van der Waals surface area contributed by atoms with Crippen LogP contribution >= 0.6 is 0 Å². The summed E-state index contributed by atoms with van der Waals surface area (Å²) < 4.78 is 12.1. The lowest BCUT2D eigenvalue weighted by atomic mass is 9.83. The number of aromatic nitrogens is 1. The number of ether oxygens (including phenoxy) is 2. The highest BCUT2D eigenvalue weighted by molar-refractivity contribution is 6.08. The molecule has 0 radical (unpaired) electrons. The number of hydrogen-bond acceptors (Lipinski definition) is 5. The van der Waals surface area contributed by atoms with E-state index in [0.717, 1.165) is 63.4 Å². The van der Waals surface area contributed by atoms with Crippen LogP contribution in [0.2, 0.25) is 0 Å². The molecule has 5 rings (SSSR count). The van der Waals surface area contributed by atoms with Crippen LogP contribution in [0.25, 0.3) is 11.1 Å². The summed E-state index contributed by atoms with van der Waals surface area (Å²) in [5.41, 5.74) is 7.93.